The van der Waals surface area contributed by atoms with E-state index in [9.17, 15) is 5.11 Å². The molecule has 1 fully saturated rings. The number of hydrogen-bond acceptors (Lipinski definition) is 8. The molecule has 0 aliphatic carbocycles. The highest BCUT2D eigenvalue weighted by Crippen LogP contribution is 2.37. The molecule has 1 aliphatic heterocycles. The highest BCUT2D eigenvalue weighted by atomic mass is 16.5. The maximum Gasteiger partial charge on any atom is 0.259 e. The summed E-state index contributed by atoms with van der Waals surface area (Å²) in [6.45, 7) is 1.04. The van der Waals surface area contributed by atoms with Gasteiger partial charge in [0.15, 0.2) is 11.5 Å². The monoisotopic (exact) mass is 396 g/mol. The van der Waals surface area contributed by atoms with E-state index in [0.717, 1.165) is 37.2 Å². The van der Waals surface area contributed by atoms with E-state index in [1.807, 2.05) is 30.3 Å². The average Bonchev–Trinajstić information content (AvgIpc) is 3.28. The number of benzene rings is 1. The maximum atomic E-state index is 9.62. The Bertz CT molecular complexity index is 958. The quantitative estimate of drug-likeness (QED) is 0.679. The summed E-state index contributed by atoms with van der Waals surface area (Å²) in [6.07, 6.45) is 4.95. The molecule has 1 aliphatic rings. The third-order valence-corrected chi connectivity index (χ3v) is 5.20. The lowest BCUT2D eigenvalue weighted by atomic mass is 10.0. The maximum absolute atomic E-state index is 9.62. The van der Waals surface area contributed by atoms with Crippen molar-refractivity contribution in [2.45, 2.75) is 25.3 Å². The lowest BCUT2D eigenvalue weighted by molar-refractivity contribution is 0.239. The molecule has 0 radical (unpaired) electrons. The number of nitrogens with zero attached hydrogens (tertiary/aromatic N) is 4. The van der Waals surface area contributed by atoms with Crippen LogP contribution in [0.15, 0.2) is 41.1 Å². The molecule has 1 aromatic carbocycles. The molecular weight excluding hydrogens is 372 g/mol. The predicted octanol–water partition coefficient (Wildman–Crippen LogP) is 3.17. The van der Waals surface area contributed by atoms with Crippen molar-refractivity contribution in [3.05, 3.63) is 36.5 Å². The Kier molecular flexibility index (Phi) is 5.62. The average molecular weight is 396 g/mol. The molecule has 8 heteroatoms. The van der Waals surface area contributed by atoms with Crippen molar-refractivity contribution < 1.29 is 19.1 Å². The molecule has 0 spiro atoms. The van der Waals surface area contributed by atoms with Crippen LogP contribution in [0.4, 0.5) is 5.82 Å². The van der Waals surface area contributed by atoms with Gasteiger partial charge in [0.2, 0.25) is 5.82 Å². The Morgan fingerprint density at radius 2 is 2.07 bits per heavy atom. The van der Waals surface area contributed by atoms with Crippen LogP contribution in [0.2, 0.25) is 0 Å². The van der Waals surface area contributed by atoms with Crippen LogP contribution < -0.4 is 14.4 Å². The summed E-state index contributed by atoms with van der Waals surface area (Å²) < 4.78 is 16.2. The lowest BCUT2D eigenvalue weighted by Gasteiger charge is -2.35. The number of methoxy groups -OCH3 is 2. The SMILES string of the molecule is COc1cccc(-c2noc(-c3ccc(N4CCCCC4CO)nc3)n2)c1OC. The Hall–Kier alpha value is -3.13. The van der Waals surface area contributed by atoms with Gasteiger partial charge in [0.05, 0.1) is 38.0 Å². The zero-order valence-electron chi connectivity index (χ0n) is 16.5. The van der Waals surface area contributed by atoms with Crippen LogP contribution in [-0.4, -0.2) is 53.6 Å². The molecule has 0 amide bonds. The van der Waals surface area contributed by atoms with Crippen molar-refractivity contribution in [1.29, 1.82) is 0 Å². The molecule has 3 aromatic rings. The molecule has 29 heavy (non-hydrogen) atoms. The fourth-order valence-electron chi connectivity index (χ4n) is 3.69. The predicted molar refractivity (Wildman–Crippen MR) is 108 cm³/mol. The molecule has 152 valence electrons. The lowest BCUT2D eigenvalue weighted by Crippen LogP contribution is -2.42. The first-order valence-corrected chi connectivity index (χ1v) is 9.64. The van der Waals surface area contributed by atoms with Gasteiger partial charge in [0.1, 0.15) is 5.82 Å². The van der Waals surface area contributed by atoms with Gasteiger partial charge in [-0.15, -0.1) is 0 Å². The highest BCUT2D eigenvalue weighted by molar-refractivity contribution is 5.69. The van der Waals surface area contributed by atoms with Gasteiger partial charge in [-0.3, -0.25) is 0 Å². The summed E-state index contributed by atoms with van der Waals surface area (Å²) in [5, 5.41) is 13.7. The fraction of sp³-hybridized carbons (Fsp3) is 0.381. The molecule has 0 saturated carbocycles. The summed E-state index contributed by atoms with van der Waals surface area (Å²) in [5.41, 5.74) is 1.41. The highest BCUT2D eigenvalue weighted by Gasteiger charge is 2.23. The Balaban J connectivity index is 1.59. The van der Waals surface area contributed by atoms with Crippen LogP contribution in [0, 0.1) is 0 Å². The minimum atomic E-state index is 0.123. The largest absolute Gasteiger partial charge is 0.493 e. The van der Waals surface area contributed by atoms with Crippen LogP contribution in [0.1, 0.15) is 19.3 Å². The van der Waals surface area contributed by atoms with E-state index in [1.54, 1.807) is 20.4 Å². The number of aromatic nitrogens is 3. The molecule has 1 atom stereocenters. The molecule has 8 nitrogen and oxygen atoms in total. The Morgan fingerprint density at radius 1 is 1.17 bits per heavy atom. The summed E-state index contributed by atoms with van der Waals surface area (Å²) in [5.74, 6) is 2.79. The van der Waals surface area contributed by atoms with Crippen molar-refractivity contribution in [3.8, 4) is 34.3 Å². The van der Waals surface area contributed by atoms with Gasteiger partial charge in [-0.2, -0.15) is 4.98 Å². The number of aliphatic hydroxyl groups is 1. The minimum absolute atomic E-state index is 0.123. The number of rotatable bonds is 6. The second-order valence-electron chi connectivity index (χ2n) is 6.89. The third kappa shape index (κ3) is 3.75. The number of para-hydroxylation sites is 1. The topological polar surface area (TPSA) is 93.7 Å². The van der Waals surface area contributed by atoms with Crippen molar-refractivity contribution in [2.24, 2.45) is 0 Å². The van der Waals surface area contributed by atoms with E-state index < -0.39 is 0 Å². The van der Waals surface area contributed by atoms with Gasteiger partial charge in [-0.25, -0.2) is 4.98 Å². The number of piperidine rings is 1. The molecule has 3 heterocycles. The molecule has 2 aromatic heterocycles. The summed E-state index contributed by atoms with van der Waals surface area (Å²) >= 11 is 0. The van der Waals surface area contributed by atoms with Crippen molar-refractivity contribution in [3.63, 3.8) is 0 Å². The smallest absolute Gasteiger partial charge is 0.259 e. The van der Waals surface area contributed by atoms with Crippen molar-refractivity contribution in [1.82, 2.24) is 15.1 Å². The molecule has 1 N–H and O–H groups in total. The van der Waals surface area contributed by atoms with E-state index >= 15 is 0 Å². The zero-order valence-corrected chi connectivity index (χ0v) is 16.5. The van der Waals surface area contributed by atoms with E-state index in [2.05, 4.69) is 20.0 Å². The molecule has 1 saturated heterocycles. The zero-order chi connectivity index (χ0) is 20.2. The standard InChI is InChI=1S/C21H24N4O4/c1-27-17-8-5-7-16(19(17)28-2)20-23-21(29-24-20)14-9-10-18(22-12-14)25-11-4-3-6-15(25)13-26/h5,7-10,12,15,26H,3-4,6,11,13H2,1-2H3. The number of ether oxygens (including phenoxy) is 2. The first kappa shape index (κ1) is 19.2. The van der Waals surface area contributed by atoms with E-state index in [4.69, 9.17) is 14.0 Å². The fourth-order valence-corrected chi connectivity index (χ4v) is 3.69. The van der Waals surface area contributed by atoms with Crippen LogP contribution in [0.25, 0.3) is 22.8 Å². The van der Waals surface area contributed by atoms with Gasteiger partial charge in [-0.05, 0) is 43.5 Å². The third-order valence-electron chi connectivity index (χ3n) is 5.20. The van der Waals surface area contributed by atoms with Gasteiger partial charge in [0.25, 0.3) is 5.89 Å². The van der Waals surface area contributed by atoms with Gasteiger partial charge < -0.3 is 24.0 Å². The minimum Gasteiger partial charge on any atom is -0.493 e. The van der Waals surface area contributed by atoms with E-state index in [1.165, 1.54) is 0 Å². The second-order valence-corrected chi connectivity index (χ2v) is 6.89. The van der Waals surface area contributed by atoms with E-state index in [-0.39, 0.29) is 12.6 Å². The Morgan fingerprint density at radius 3 is 2.79 bits per heavy atom. The molecule has 4 rings (SSSR count). The molecule has 0 bridgehead atoms. The normalized spacial score (nSPS) is 16.7. The number of aliphatic hydroxyl groups excluding tert-OH is 1. The van der Waals surface area contributed by atoms with E-state index in [0.29, 0.717) is 28.8 Å². The van der Waals surface area contributed by atoms with Crippen molar-refractivity contribution >= 4 is 5.82 Å². The number of hydrogen-bond donors (Lipinski definition) is 1. The molecule has 1 unspecified atom stereocenters. The van der Waals surface area contributed by atoms with Crippen LogP contribution in [0.3, 0.4) is 0 Å². The number of pyridine rings is 1. The second kappa shape index (κ2) is 8.48. The summed E-state index contributed by atoms with van der Waals surface area (Å²) in [7, 11) is 3.16. The van der Waals surface area contributed by atoms with Crippen LogP contribution in [0.5, 0.6) is 11.5 Å². The summed E-state index contributed by atoms with van der Waals surface area (Å²) in [4.78, 5) is 11.2. The van der Waals surface area contributed by atoms with Crippen molar-refractivity contribution in [2.75, 3.05) is 32.3 Å². The van der Waals surface area contributed by atoms with Crippen LogP contribution >= 0.6 is 0 Å². The Labute approximate surface area is 169 Å². The summed E-state index contributed by atoms with van der Waals surface area (Å²) in [6, 6.07) is 9.47. The first-order valence-electron chi connectivity index (χ1n) is 9.64. The van der Waals surface area contributed by atoms with Gasteiger partial charge in [0, 0.05) is 12.7 Å². The first-order chi connectivity index (χ1) is 14.2. The van der Waals surface area contributed by atoms with Gasteiger partial charge >= 0.3 is 0 Å². The van der Waals surface area contributed by atoms with Crippen LogP contribution in [-0.2, 0) is 0 Å². The number of anilines is 1. The van der Waals surface area contributed by atoms with Gasteiger partial charge in [-0.1, -0.05) is 11.2 Å². The molecular formula is C21H24N4O4.